The Balaban J connectivity index is 0.000000518. The van der Waals surface area contributed by atoms with Crippen molar-refractivity contribution < 1.29 is 80.5 Å². The van der Waals surface area contributed by atoms with E-state index in [1.165, 1.54) is 0 Å². The molecule has 0 bridgehead atoms. The molecule has 0 aromatic carbocycles. The van der Waals surface area contributed by atoms with Crippen LogP contribution in [0.25, 0.3) is 0 Å². The quantitative estimate of drug-likeness (QED) is 0.205. The van der Waals surface area contributed by atoms with Crippen molar-refractivity contribution in [3.05, 3.63) is 0 Å². The Morgan fingerprint density at radius 1 is 0.324 bits per heavy atom. The molecule has 3 aliphatic rings. The molecule has 0 aliphatic heterocycles. The number of hydrogen-bond donors (Lipinski definition) is 0. The Morgan fingerprint density at radius 3 is 0.541 bits per heavy atom. The summed E-state index contributed by atoms with van der Waals surface area (Å²) in [6, 6.07) is 0. The molecule has 12 nitrogen and oxygen atoms in total. The van der Waals surface area contributed by atoms with Crippen LogP contribution in [0.2, 0.25) is 0 Å². The molecule has 210 valence electrons. The first-order valence-electron chi connectivity index (χ1n) is 12.1. The summed E-state index contributed by atoms with van der Waals surface area (Å²) in [5, 5.41) is 63.5. The van der Waals surface area contributed by atoms with Crippen LogP contribution in [0.1, 0.15) is 96.3 Å². The molecule has 0 unspecified atom stereocenters. The van der Waals surface area contributed by atoms with Gasteiger partial charge in [-0.25, -0.2) is 0 Å². The number of aliphatic carboxylic acids is 6. The van der Waals surface area contributed by atoms with Crippen LogP contribution in [-0.2, 0) is 49.8 Å². The Morgan fingerprint density at radius 2 is 0.459 bits per heavy atom. The van der Waals surface area contributed by atoms with E-state index in [-0.39, 0.29) is 59.6 Å². The van der Waals surface area contributed by atoms with Crippen LogP contribution in [0.4, 0.5) is 0 Å². The largest absolute Gasteiger partial charge is 0.549 e. The van der Waals surface area contributed by atoms with E-state index < -0.39 is 52.1 Å². The zero-order valence-electron chi connectivity index (χ0n) is 20.4. The van der Waals surface area contributed by atoms with Gasteiger partial charge in [-0.05, 0) is 38.5 Å². The molecule has 0 aromatic rings. The topological polar surface area (TPSA) is 241 Å². The predicted molar refractivity (Wildman–Crippen MR) is 107 cm³/mol. The molecular weight excluding hydrogens is 576 g/mol. The molecule has 13 heteroatoms. The molecule has 0 radical (unpaired) electrons. The summed E-state index contributed by atoms with van der Waals surface area (Å²) in [4.78, 5) is 63.5. The monoisotopic (exact) mass is 608 g/mol. The zero-order chi connectivity index (χ0) is 27.6. The Kier molecular flexibility index (Phi) is 14.0. The summed E-state index contributed by atoms with van der Waals surface area (Å²) in [6.45, 7) is 0. The van der Waals surface area contributed by atoms with Crippen molar-refractivity contribution in [1.29, 1.82) is 0 Å². The van der Waals surface area contributed by atoms with E-state index >= 15 is 0 Å². The molecule has 3 saturated carbocycles. The van der Waals surface area contributed by atoms with Gasteiger partial charge < -0.3 is 59.4 Å². The van der Waals surface area contributed by atoms with Gasteiger partial charge in [-0.1, -0.05) is 57.8 Å². The second-order valence-electron chi connectivity index (χ2n) is 9.65. The van der Waals surface area contributed by atoms with E-state index in [0.717, 1.165) is 19.3 Å². The SMILES string of the molecule is O=C([O-])C1(C(=O)[O-])CCCCC1.O=C([O-])C1(C(=O)[O-])CCCCC1.O=C([O-])C1(C(=O)[O-])CCCCC1.[Mo]. The number of carboxylic acid groups (broad SMARTS) is 6. The molecule has 37 heavy (non-hydrogen) atoms. The molecule has 0 atom stereocenters. The van der Waals surface area contributed by atoms with Crippen molar-refractivity contribution in [2.24, 2.45) is 16.2 Å². The van der Waals surface area contributed by atoms with Crippen LogP contribution >= 0.6 is 0 Å². The third-order valence-corrected chi connectivity index (χ3v) is 7.47. The Bertz CT molecular complexity index is 677. The Hall–Kier alpha value is -2.49. The predicted octanol–water partition coefficient (Wildman–Crippen LogP) is -4.69. The van der Waals surface area contributed by atoms with Crippen LogP contribution in [0, 0.1) is 16.2 Å². The van der Waals surface area contributed by atoms with Gasteiger partial charge in [-0.15, -0.1) is 0 Å². The molecular formula is C24H30MoO12-6. The molecule has 3 rings (SSSR count). The molecule has 0 aromatic heterocycles. The molecule has 0 heterocycles. The summed E-state index contributed by atoms with van der Waals surface area (Å²) >= 11 is 0. The van der Waals surface area contributed by atoms with E-state index in [0.29, 0.717) is 38.5 Å². The minimum absolute atomic E-state index is 0. The van der Waals surface area contributed by atoms with Gasteiger partial charge in [0, 0.05) is 37.3 Å². The fraction of sp³-hybridized carbons (Fsp3) is 0.750. The van der Waals surface area contributed by atoms with E-state index in [2.05, 4.69) is 0 Å². The molecule has 3 fully saturated rings. The van der Waals surface area contributed by atoms with Gasteiger partial charge in [0.25, 0.3) is 0 Å². The van der Waals surface area contributed by atoms with E-state index in [4.69, 9.17) is 0 Å². The average molecular weight is 606 g/mol. The number of hydrogen-bond acceptors (Lipinski definition) is 12. The first kappa shape index (κ1) is 34.5. The van der Waals surface area contributed by atoms with Gasteiger partial charge >= 0.3 is 0 Å². The molecule has 0 saturated heterocycles. The second-order valence-corrected chi connectivity index (χ2v) is 9.65. The van der Waals surface area contributed by atoms with E-state index in [1.54, 1.807) is 0 Å². The summed E-state index contributed by atoms with van der Waals surface area (Å²) in [5.74, 6) is -8.99. The first-order chi connectivity index (χ1) is 16.8. The van der Waals surface area contributed by atoms with Crippen molar-refractivity contribution in [3.63, 3.8) is 0 Å². The van der Waals surface area contributed by atoms with Crippen molar-refractivity contribution >= 4 is 35.8 Å². The van der Waals surface area contributed by atoms with E-state index in [1.807, 2.05) is 0 Å². The van der Waals surface area contributed by atoms with Crippen LogP contribution in [0.3, 0.4) is 0 Å². The fourth-order valence-electron chi connectivity index (χ4n) is 4.94. The van der Waals surface area contributed by atoms with Gasteiger partial charge in [0.05, 0.1) is 35.8 Å². The second kappa shape index (κ2) is 15.0. The van der Waals surface area contributed by atoms with Gasteiger partial charge in [-0.3, -0.25) is 0 Å². The van der Waals surface area contributed by atoms with Crippen LogP contribution in [-0.4, -0.2) is 35.8 Å². The third kappa shape index (κ3) is 8.25. The van der Waals surface area contributed by atoms with Gasteiger partial charge in [0.2, 0.25) is 0 Å². The molecule has 3 aliphatic carbocycles. The fourth-order valence-corrected chi connectivity index (χ4v) is 4.94. The standard InChI is InChI=1S/3C8H12O4.Mo/c3*9-6(10)8(7(11)12)4-2-1-3-5-8;/h3*1-5H2,(H,9,10)(H,11,12);/p-6. The van der Waals surface area contributed by atoms with Crippen molar-refractivity contribution in [1.82, 2.24) is 0 Å². The Labute approximate surface area is 228 Å². The average Bonchev–Trinajstić information content (AvgIpc) is 2.85. The third-order valence-electron chi connectivity index (χ3n) is 7.47. The van der Waals surface area contributed by atoms with Gasteiger partial charge in [-0.2, -0.15) is 0 Å². The first-order valence-corrected chi connectivity index (χ1v) is 12.1. The van der Waals surface area contributed by atoms with Crippen molar-refractivity contribution in [2.45, 2.75) is 96.3 Å². The normalized spacial score (nSPS) is 21.1. The summed E-state index contributed by atoms with van der Waals surface area (Å²) in [5.41, 5.74) is -5.13. The molecule has 0 N–H and O–H groups in total. The maximum absolute atomic E-state index is 10.6. The maximum atomic E-state index is 10.6. The number of rotatable bonds is 6. The van der Waals surface area contributed by atoms with Gasteiger partial charge in [0.1, 0.15) is 0 Å². The van der Waals surface area contributed by atoms with E-state index in [9.17, 15) is 59.4 Å². The number of carbonyl (C=O) groups is 6. The zero-order valence-corrected chi connectivity index (χ0v) is 22.4. The van der Waals surface area contributed by atoms with Crippen molar-refractivity contribution in [3.8, 4) is 0 Å². The summed E-state index contributed by atoms with van der Waals surface area (Å²) < 4.78 is 0. The maximum Gasteiger partial charge on any atom is 0.0532 e. The summed E-state index contributed by atoms with van der Waals surface area (Å²) in [7, 11) is 0. The minimum Gasteiger partial charge on any atom is -0.549 e. The van der Waals surface area contributed by atoms with Crippen molar-refractivity contribution in [2.75, 3.05) is 0 Å². The number of carbonyl (C=O) groups excluding carboxylic acids is 6. The van der Waals surface area contributed by atoms with Gasteiger partial charge in [0.15, 0.2) is 0 Å². The molecule has 0 spiro atoms. The summed E-state index contributed by atoms with van der Waals surface area (Å²) in [6.07, 6.45) is 7.34. The van der Waals surface area contributed by atoms with Crippen LogP contribution in [0.15, 0.2) is 0 Å². The molecule has 0 amide bonds. The smallest absolute Gasteiger partial charge is 0.0532 e. The number of carboxylic acids is 6. The minimum atomic E-state index is -1.71. The van der Waals surface area contributed by atoms with Crippen LogP contribution < -0.4 is 30.6 Å². The van der Waals surface area contributed by atoms with Crippen LogP contribution in [0.5, 0.6) is 0 Å².